The van der Waals surface area contributed by atoms with Gasteiger partial charge in [-0.25, -0.2) is 0 Å². The first-order valence-corrected chi connectivity index (χ1v) is 7.89. The lowest BCUT2D eigenvalue weighted by Crippen LogP contribution is -2.44. The van der Waals surface area contributed by atoms with Crippen molar-refractivity contribution in [3.8, 4) is 0 Å². The summed E-state index contributed by atoms with van der Waals surface area (Å²) in [6, 6.07) is 11.6. The minimum absolute atomic E-state index is 0.108. The third kappa shape index (κ3) is 3.87. The van der Waals surface area contributed by atoms with Crippen molar-refractivity contribution in [3.63, 3.8) is 0 Å². The quantitative estimate of drug-likeness (QED) is 0.946. The van der Waals surface area contributed by atoms with E-state index in [4.69, 9.17) is 0 Å². The number of benzene rings is 1. The summed E-state index contributed by atoms with van der Waals surface area (Å²) in [6.07, 6.45) is 1.65. The Morgan fingerprint density at radius 2 is 1.78 bits per heavy atom. The second-order valence-corrected chi connectivity index (χ2v) is 5.98. The number of amides is 1. The molecule has 0 aliphatic carbocycles. The topological polar surface area (TPSA) is 48.5 Å². The summed E-state index contributed by atoms with van der Waals surface area (Å²) < 4.78 is 0. The van der Waals surface area contributed by atoms with Crippen molar-refractivity contribution in [2.24, 2.45) is 0 Å². The fourth-order valence-corrected chi connectivity index (χ4v) is 2.71. The fourth-order valence-electron chi connectivity index (χ4n) is 2.71. The minimum Gasteiger partial charge on any atom is -0.369 e. The van der Waals surface area contributed by atoms with Crippen LogP contribution in [0, 0.1) is 6.92 Å². The van der Waals surface area contributed by atoms with E-state index in [0.717, 1.165) is 37.6 Å². The largest absolute Gasteiger partial charge is 0.369 e. The van der Waals surface area contributed by atoms with Crippen LogP contribution in [0.2, 0.25) is 0 Å². The molecule has 0 unspecified atom stereocenters. The van der Waals surface area contributed by atoms with Gasteiger partial charge in [0.2, 0.25) is 0 Å². The van der Waals surface area contributed by atoms with Crippen molar-refractivity contribution in [3.05, 3.63) is 53.9 Å². The number of rotatable bonds is 3. The highest BCUT2D eigenvalue weighted by Crippen LogP contribution is 2.19. The van der Waals surface area contributed by atoms with E-state index in [1.54, 1.807) is 18.3 Å². The van der Waals surface area contributed by atoms with Crippen molar-refractivity contribution in [2.45, 2.75) is 6.92 Å². The van der Waals surface area contributed by atoms with Crippen LogP contribution in [0.5, 0.6) is 0 Å². The standard InChI is InChI=1S/C18H22N4O/c1-14-13-15(7-8-19-14)18(23)20-16-3-5-17(6-4-16)22-11-9-21(2)10-12-22/h3-8,13H,9-12H2,1-2H3,(H,20,23). The molecule has 1 amide bonds. The van der Waals surface area contributed by atoms with Crippen molar-refractivity contribution in [2.75, 3.05) is 43.4 Å². The Balaban J connectivity index is 1.64. The minimum atomic E-state index is -0.108. The van der Waals surface area contributed by atoms with Gasteiger partial charge in [-0.1, -0.05) is 0 Å². The first-order valence-electron chi connectivity index (χ1n) is 7.89. The number of likely N-dealkylation sites (N-methyl/N-ethyl adjacent to an activating group) is 1. The summed E-state index contributed by atoms with van der Waals surface area (Å²) in [5.74, 6) is -0.108. The van der Waals surface area contributed by atoms with Gasteiger partial charge in [0.15, 0.2) is 0 Å². The number of hydrogen-bond donors (Lipinski definition) is 1. The lowest BCUT2D eigenvalue weighted by Gasteiger charge is -2.34. The molecule has 1 aliphatic heterocycles. The Kier molecular flexibility index (Phi) is 4.57. The highest BCUT2D eigenvalue weighted by Gasteiger charge is 2.14. The molecule has 1 aromatic carbocycles. The molecule has 1 aromatic heterocycles. The van der Waals surface area contributed by atoms with E-state index in [9.17, 15) is 4.79 Å². The van der Waals surface area contributed by atoms with E-state index in [2.05, 4.69) is 39.3 Å². The molecule has 0 spiro atoms. The number of aromatic nitrogens is 1. The third-order valence-electron chi connectivity index (χ3n) is 4.15. The molecule has 1 saturated heterocycles. The van der Waals surface area contributed by atoms with Crippen molar-refractivity contribution in [1.29, 1.82) is 0 Å². The second kappa shape index (κ2) is 6.79. The molecule has 5 heteroatoms. The third-order valence-corrected chi connectivity index (χ3v) is 4.15. The Labute approximate surface area is 136 Å². The first kappa shape index (κ1) is 15.5. The lowest BCUT2D eigenvalue weighted by molar-refractivity contribution is 0.102. The molecule has 1 aliphatic rings. The normalized spacial score (nSPS) is 15.5. The highest BCUT2D eigenvalue weighted by molar-refractivity contribution is 6.04. The van der Waals surface area contributed by atoms with Crippen LogP contribution >= 0.6 is 0 Å². The Hall–Kier alpha value is -2.40. The van der Waals surface area contributed by atoms with Gasteiger partial charge in [0.25, 0.3) is 5.91 Å². The first-order chi connectivity index (χ1) is 11.1. The number of carbonyl (C=O) groups excluding carboxylic acids is 1. The van der Waals surface area contributed by atoms with Crippen LogP contribution in [-0.2, 0) is 0 Å². The van der Waals surface area contributed by atoms with Gasteiger partial charge < -0.3 is 15.1 Å². The molecule has 23 heavy (non-hydrogen) atoms. The Morgan fingerprint density at radius 1 is 1.09 bits per heavy atom. The maximum atomic E-state index is 12.2. The predicted octanol–water partition coefficient (Wildman–Crippen LogP) is 2.39. The van der Waals surface area contributed by atoms with Crippen LogP contribution in [0.15, 0.2) is 42.6 Å². The molecule has 2 aromatic rings. The number of piperazine rings is 1. The van der Waals surface area contributed by atoms with Gasteiger partial charge in [0, 0.05) is 55.0 Å². The number of pyridine rings is 1. The van der Waals surface area contributed by atoms with E-state index < -0.39 is 0 Å². The maximum absolute atomic E-state index is 12.2. The molecular formula is C18H22N4O. The average molecular weight is 310 g/mol. The number of aryl methyl sites for hydroxylation is 1. The fraction of sp³-hybridized carbons (Fsp3) is 0.333. The van der Waals surface area contributed by atoms with Crippen molar-refractivity contribution < 1.29 is 4.79 Å². The number of nitrogens with zero attached hydrogens (tertiary/aromatic N) is 3. The molecule has 0 radical (unpaired) electrons. The summed E-state index contributed by atoms with van der Waals surface area (Å²) in [5, 5.41) is 2.93. The van der Waals surface area contributed by atoms with E-state index in [-0.39, 0.29) is 5.91 Å². The number of carbonyl (C=O) groups is 1. The average Bonchev–Trinajstić information content (AvgIpc) is 2.56. The van der Waals surface area contributed by atoms with Crippen LogP contribution in [0.3, 0.4) is 0 Å². The van der Waals surface area contributed by atoms with E-state index in [1.807, 2.05) is 19.1 Å². The molecule has 0 bridgehead atoms. The smallest absolute Gasteiger partial charge is 0.255 e. The highest BCUT2D eigenvalue weighted by atomic mass is 16.1. The predicted molar refractivity (Wildman–Crippen MR) is 93.1 cm³/mol. The van der Waals surface area contributed by atoms with Crippen molar-refractivity contribution in [1.82, 2.24) is 9.88 Å². The van der Waals surface area contributed by atoms with Crippen LogP contribution in [0.4, 0.5) is 11.4 Å². The molecule has 3 rings (SSSR count). The molecule has 5 nitrogen and oxygen atoms in total. The van der Waals surface area contributed by atoms with Crippen LogP contribution in [0.25, 0.3) is 0 Å². The summed E-state index contributed by atoms with van der Waals surface area (Å²) in [7, 11) is 2.15. The zero-order chi connectivity index (χ0) is 16.2. The molecular weight excluding hydrogens is 288 g/mol. The van der Waals surface area contributed by atoms with Crippen LogP contribution in [0.1, 0.15) is 16.1 Å². The molecule has 1 fully saturated rings. The van der Waals surface area contributed by atoms with E-state index in [1.165, 1.54) is 5.69 Å². The summed E-state index contributed by atoms with van der Waals surface area (Å²) in [4.78, 5) is 21.1. The lowest BCUT2D eigenvalue weighted by atomic mass is 10.2. The van der Waals surface area contributed by atoms with Gasteiger partial charge in [0.05, 0.1) is 0 Å². The van der Waals surface area contributed by atoms with Gasteiger partial charge in [-0.15, -0.1) is 0 Å². The van der Waals surface area contributed by atoms with Crippen LogP contribution < -0.4 is 10.2 Å². The summed E-state index contributed by atoms with van der Waals surface area (Å²) in [5.41, 5.74) is 3.47. The molecule has 2 heterocycles. The molecule has 120 valence electrons. The van der Waals surface area contributed by atoms with Crippen LogP contribution in [-0.4, -0.2) is 49.0 Å². The van der Waals surface area contributed by atoms with Gasteiger partial charge in [-0.3, -0.25) is 9.78 Å². The van der Waals surface area contributed by atoms with Gasteiger partial charge in [0.1, 0.15) is 0 Å². The number of anilines is 2. The van der Waals surface area contributed by atoms with Gasteiger partial charge in [-0.2, -0.15) is 0 Å². The Morgan fingerprint density at radius 3 is 2.43 bits per heavy atom. The number of hydrogen-bond acceptors (Lipinski definition) is 4. The second-order valence-electron chi connectivity index (χ2n) is 5.98. The maximum Gasteiger partial charge on any atom is 0.255 e. The molecule has 1 N–H and O–H groups in total. The number of nitrogens with one attached hydrogen (secondary N) is 1. The zero-order valence-electron chi connectivity index (χ0n) is 13.6. The Bertz CT molecular complexity index is 676. The zero-order valence-corrected chi connectivity index (χ0v) is 13.6. The van der Waals surface area contributed by atoms with E-state index >= 15 is 0 Å². The van der Waals surface area contributed by atoms with Gasteiger partial charge >= 0.3 is 0 Å². The van der Waals surface area contributed by atoms with Crippen molar-refractivity contribution >= 4 is 17.3 Å². The summed E-state index contributed by atoms with van der Waals surface area (Å²) in [6.45, 7) is 6.12. The summed E-state index contributed by atoms with van der Waals surface area (Å²) >= 11 is 0. The SMILES string of the molecule is Cc1cc(C(=O)Nc2ccc(N3CCN(C)CC3)cc2)ccn1. The monoisotopic (exact) mass is 310 g/mol. The molecule has 0 atom stereocenters. The van der Waals surface area contributed by atoms with Gasteiger partial charge in [-0.05, 0) is 50.4 Å². The van der Waals surface area contributed by atoms with E-state index in [0.29, 0.717) is 5.56 Å². The molecule has 0 saturated carbocycles.